The summed E-state index contributed by atoms with van der Waals surface area (Å²) in [7, 11) is 4.10. The quantitative estimate of drug-likeness (QED) is 0.205. The van der Waals surface area contributed by atoms with Crippen molar-refractivity contribution in [3.8, 4) is 28.4 Å². The number of rotatable bonds is 11. The van der Waals surface area contributed by atoms with Crippen LogP contribution in [0, 0.1) is 0 Å². The third-order valence-corrected chi connectivity index (χ3v) is 6.78. The highest BCUT2D eigenvalue weighted by Gasteiger charge is 2.17. The molecule has 0 amide bonds. The molecule has 0 aliphatic heterocycles. The Kier molecular flexibility index (Phi) is 8.21. The number of benzene rings is 2. The lowest BCUT2D eigenvalue weighted by Crippen LogP contribution is -2.15. The molecule has 0 radical (unpaired) electrons. The highest BCUT2D eigenvalue weighted by molar-refractivity contribution is 5.72. The van der Waals surface area contributed by atoms with E-state index in [1.165, 1.54) is 5.56 Å². The van der Waals surface area contributed by atoms with Crippen molar-refractivity contribution in [2.24, 2.45) is 0 Å². The van der Waals surface area contributed by atoms with E-state index in [0.29, 0.717) is 29.5 Å². The fraction of sp³-hybridized carbons (Fsp3) is 0.290. The van der Waals surface area contributed by atoms with E-state index in [1.54, 1.807) is 18.6 Å². The fourth-order valence-electron chi connectivity index (χ4n) is 4.51. The van der Waals surface area contributed by atoms with Gasteiger partial charge < -0.3 is 9.64 Å². The normalized spacial score (nSPS) is 12.1. The van der Waals surface area contributed by atoms with Gasteiger partial charge in [0.05, 0.1) is 36.9 Å². The average molecular weight is 535 g/mol. The van der Waals surface area contributed by atoms with Gasteiger partial charge in [0.2, 0.25) is 5.65 Å². The molecule has 0 fully saturated rings. The van der Waals surface area contributed by atoms with Crippen LogP contribution in [0.4, 0.5) is 0 Å². The van der Waals surface area contributed by atoms with Crippen LogP contribution in [-0.4, -0.2) is 67.1 Å². The van der Waals surface area contributed by atoms with Crippen molar-refractivity contribution in [2.45, 2.75) is 32.7 Å². The summed E-state index contributed by atoms with van der Waals surface area (Å²) in [4.78, 5) is 20.7. The Hall–Kier alpha value is -4.50. The van der Waals surface area contributed by atoms with Crippen LogP contribution in [0.15, 0.2) is 67.6 Å². The van der Waals surface area contributed by atoms with Gasteiger partial charge in [0.1, 0.15) is 0 Å². The van der Waals surface area contributed by atoms with E-state index in [4.69, 9.17) is 9.72 Å². The molecule has 0 bridgehead atoms. The van der Waals surface area contributed by atoms with Crippen LogP contribution in [-0.2, 0) is 6.42 Å². The van der Waals surface area contributed by atoms with Gasteiger partial charge in [-0.2, -0.15) is 0 Å². The number of nitrogens with zero attached hydrogens (tertiary/aromatic N) is 8. The lowest BCUT2D eigenvalue weighted by atomic mass is 10.0. The van der Waals surface area contributed by atoms with Crippen LogP contribution in [0.2, 0.25) is 0 Å². The van der Waals surface area contributed by atoms with Gasteiger partial charge in [0, 0.05) is 17.7 Å². The maximum Gasteiger partial charge on any atom is 0.221 e. The minimum Gasteiger partial charge on any atom is -0.490 e. The lowest BCUT2D eigenvalue weighted by molar-refractivity contribution is 0.280. The van der Waals surface area contributed by atoms with Crippen molar-refractivity contribution in [2.75, 3.05) is 27.2 Å². The number of aryl methyl sites for hydroxylation is 1. The third kappa shape index (κ3) is 6.05. The lowest BCUT2D eigenvalue weighted by Gasteiger charge is -2.14. The zero-order valence-electron chi connectivity index (χ0n) is 23.4. The molecule has 1 unspecified atom stereocenters. The number of aromatic nitrogens is 7. The minimum atomic E-state index is -0.139. The van der Waals surface area contributed by atoms with Gasteiger partial charge in [-0.05, 0) is 68.8 Å². The van der Waals surface area contributed by atoms with Gasteiger partial charge in [-0.3, -0.25) is 0 Å². The smallest absolute Gasteiger partial charge is 0.221 e. The topological polar surface area (TPSA) is 94.7 Å². The van der Waals surface area contributed by atoms with Crippen LogP contribution in [0.3, 0.4) is 0 Å². The summed E-state index contributed by atoms with van der Waals surface area (Å²) in [6, 6.07) is 14.3. The number of hydrogen-bond acceptors (Lipinski definition) is 8. The van der Waals surface area contributed by atoms with Crippen molar-refractivity contribution < 1.29 is 4.74 Å². The SMILES string of the molecule is C=Cc1cc(CC)cc(-c2cnc3nnn(C(C)c4cccc(-c5ncc(OCCCN(C)C)cn5)c4)c3n2)c1. The van der Waals surface area contributed by atoms with Crippen LogP contribution < -0.4 is 4.74 Å². The van der Waals surface area contributed by atoms with E-state index in [9.17, 15) is 0 Å². The summed E-state index contributed by atoms with van der Waals surface area (Å²) in [5.41, 5.74) is 7.12. The van der Waals surface area contributed by atoms with Gasteiger partial charge in [0.15, 0.2) is 17.2 Å². The summed E-state index contributed by atoms with van der Waals surface area (Å²) in [5.74, 6) is 1.30. The molecular weight excluding hydrogens is 500 g/mol. The Morgan fingerprint density at radius 3 is 2.60 bits per heavy atom. The predicted molar refractivity (Wildman–Crippen MR) is 158 cm³/mol. The Morgan fingerprint density at radius 2 is 1.85 bits per heavy atom. The second-order valence-corrected chi connectivity index (χ2v) is 10.0. The van der Waals surface area contributed by atoms with Gasteiger partial charge in [-0.1, -0.05) is 49.1 Å². The monoisotopic (exact) mass is 534 g/mol. The first-order valence-corrected chi connectivity index (χ1v) is 13.5. The van der Waals surface area contributed by atoms with Crippen molar-refractivity contribution in [1.29, 1.82) is 0 Å². The molecule has 5 rings (SSSR count). The first kappa shape index (κ1) is 27.1. The molecule has 1 atom stereocenters. The van der Waals surface area contributed by atoms with Gasteiger partial charge in [-0.25, -0.2) is 24.6 Å². The van der Waals surface area contributed by atoms with E-state index < -0.39 is 0 Å². The van der Waals surface area contributed by atoms with E-state index in [0.717, 1.165) is 47.3 Å². The van der Waals surface area contributed by atoms with E-state index >= 15 is 0 Å². The van der Waals surface area contributed by atoms with E-state index in [2.05, 4.69) is 80.9 Å². The number of hydrogen-bond donors (Lipinski definition) is 0. The van der Waals surface area contributed by atoms with E-state index in [-0.39, 0.29) is 6.04 Å². The number of fused-ring (bicyclic) bond motifs is 1. The van der Waals surface area contributed by atoms with Crippen LogP contribution in [0.25, 0.3) is 40.0 Å². The standard InChI is InChI=1S/C31H34N8O/c1-6-22-14-23(7-2)16-26(15-22)28-20-34-30-31(35-28)39(37-36-30)21(3)24-10-8-11-25(17-24)29-32-18-27(19-33-29)40-13-9-12-38(4)5/h6,8,10-11,14-21H,1,7,9,12-13H2,2-5H3. The highest BCUT2D eigenvalue weighted by atomic mass is 16.5. The van der Waals surface area contributed by atoms with Crippen LogP contribution >= 0.6 is 0 Å². The molecule has 9 nitrogen and oxygen atoms in total. The molecule has 0 saturated heterocycles. The van der Waals surface area contributed by atoms with Crippen molar-refractivity contribution in [3.05, 3.63) is 84.3 Å². The number of ether oxygens (including phenoxy) is 1. The Bertz CT molecular complexity index is 1610. The maximum atomic E-state index is 5.78. The summed E-state index contributed by atoms with van der Waals surface area (Å²) in [6.45, 7) is 9.74. The maximum absolute atomic E-state index is 5.78. The molecule has 0 saturated carbocycles. The van der Waals surface area contributed by atoms with Crippen molar-refractivity contribution in [1.82, 2.24) is 39.8 Å². The molecular formula is C31H34N8O. The molecule has 0 N–H and O–H groups in total. The second kappa shape index (κ2) is 12.1. The largest absolute Gasteiger partial charge is 0.490 e. The summed E-state index contributed by atoms with van der Waals surface area (Å²) in [5, 5.41) is 8.69. The zero-order valence-corrected chi connectivity index (χ0v) is 23.4. The Balaban J connectivity index is 1.39. The molecule has 9 heteroatoms. The van der Waals surface area contributed by atoms with Crippen molar-refractivity contribution in [3.63, 3.8) is 0 Å². The van der Waals surface area contributed by atoms with Crippen LogP contribution in [0.1, 0.15) is 43.0 Å². The first-order chi connectivity index (χ1) is 19.4. The van der Waals surface area contributed by atoms with E-state index in [1.807, 2.05) is 37.0 Å². The molecule has 40 heavy (non-hydrogen) atoms. The fourth-order valence-corrected chi connectivity index (χ4v) is 4.51. The zero-order chi connectivity index (χ0) is 28.1. The predicted octanol–water partition coefficient (Wildman–Crippen LogP) is 5.49. The Labute approximate surface area is 234 Å². The molecule has 3 aromatic heterocycles. The molecule has 5 aromatic rings. The average Bonchev–Trinajstić information content (AvgIpc) is 3.42. The third-order valence-electron chi connectivity index (χ3n) is 6.78. The molecule has 0 spiro atoms. The molecule has 204 valence electrons. The summed E-state index contributed by atoms with van der Waals surface area (Å²) >= 11 is 0. The molecule has 2 aromatic carbocycles. The van der Waals surface area contributed by atoms with Crippen molar-refractivity contribution >= 4 is 17.4 Å². The minimum absolute atomic E-state index is 0.139. The molecule has 0 aliphatic carbocycles. The van der Waals surface area contributed by atoms with Gasteiger partial charge in [0.25, 0.3) is 0 Å². The summed E-state index contributed by atoms with van der Waals surface area (Å²) in [6.07, 6.45) is 8.92. The van der Waals surface area contributed by atoms with Gasteiger partial charge in [-0.15, -0.1) is 5.10 Å². The molecule has 0 aliphatic rings. The second-order valence-electron chi connectivity index (χ2n) is 10.0. The molecule has 3 heterocycles. The van der Waals surface area contributed by atoms with Gasteiger partial charge >= 0.3 is 0 Å². The Morgan fingerprint density at radius 1 is 1.02 bits per heavy atom. The van der Waals surface area contributed by atoms with Crippen LogP contribution in [0.5, 0.6) is 5.75 Å². The summed E-state index contributed by atoms with van der Waals surface area (Å²) < 4.78 is 7.59. The first-order valence-electron chi connectivity index (χ1n) is 13.5. The highest BCUT2D eigenvalue weighted by Crippen LogP contribution is 2.27.